The van der Waals surface area contributed by atoms with Crippen LogP contribution in [-0.2, 0) is 20.7 Å². The first-order valence-corrected chi connectivity index (χ1v) is 9.41. The third kappa shape index (κ3) is 4.72. The molecule has 1 amide bonds. The normalized spacial score (nSPS) is 19.6. The fraction of sp³-hybridized carbons (Fsp3) is 0.500. The first-order chi connectivity index (χ1) is 13.1. The van der Waals surface area contributed by atoms with E-state index in [0.717, 1.165) is 25.7 Å². The summed E-state index contributed by atoms with van der Waals surface area (Å²) in [6.45, 7) is 0.458. The third-order valence-electron chi connectivity index (χ3n) is 5.23. The number of nitrogens with zero attached hydrogens (tertiary/aromatic N) is 1. The number of methoxy groups -OCH3 is 1. The van der Waals surface area contributed by atoms with Gasteiger partial charge in [-0.25, -0.2) is 4.98 Å². The topological polar surface area (TPSA) is 101 Å². The minimum Gasteiger partial charge on any atom is -0.469 e. The van der Waals surface area contributed by atoms with Crippen molar-refractivity contribution in [3.05, 3.63) is 40.3 Å². The second-order valence-electron chi connectivity index (χ2n) is 7.01. The molecule has 0 bridgehead atoms. The van der Waals surface area contributed by atoms with Gasteiger partial charge in [-0.2, -0.15) is 0 Å². The first kappa shape index (κ1) is 19.1. The molecule has 0 radical (unpaired) electrons. The highest BCUT2D eigenvalue weighted by atomic mass is 16.5. The summed E-state index contributed by atoms with van der Waals surface area (Å²) in [7, 11) is 1.40. The zero-order chi connectivity index (χ0) is 19.2. The van der Waals surface area contributed by atoms with Gasteiger partial charge in [0.2, 0.25) is 5.91 Å². The van der Waals surface area contributed by atoms with Crippen LogP contribution in [0.1, 0.15) is 37.8 Å². The van der Waals surface area contributed by atoms with E-state index in [1.54, 1.807) is 6.07 Å². The average molecular weight is 371 g/mol. The smallest absolute Gasteiger partial charge is 0.309 e. The molecule has 0 spiro atoms. The molecular formula is C20H25N3O4. The van der Waals surface area contributed by atoms with Gasteiger partial charge >= 0.3 is 5.97 Å². The Morgan fingerprint density at radius 2 is 2.04 bits per heavy atom. The molecule has 144 valence electrons. The minimum absolute atomic E-state index is 0.109. The quantitative estimate of drug-likeness (QED) is 0.756. The van der Waals surface area contributed by atoms with Crippen LogP contribution in [0.2, 0.25) is 0 Å². The second kappa shape index (κ2) is 8.79. The molecule has 1 aliphatic carbocycles. The SMILES string of the molecule is COC(=O)C1CCCCC1CNC(=O)CCc1nc2ccccc2[nH]c1=O. The number of carbonyl (C=O) groups excluding carboxylic acids is 2. The van der Waals surface area contributed by atoms with Crippen molar-refractivity contribution in [3.63, 3.8) is 0 Å². The molecule has 1 saturated carbocycles. The van der Waals surface area contributed by atoms with E-state index in [1.807, 2.05) is 18.2 Å². The number of para-hydroxylation sites is 2. The minimum atomic E-state index is -0.264. The lowest BCUT2D eigenvalue weighted by molar-refractivity contribution is -0.148. The molecule has 2 aromatic rings. The number of nitrogens with one attached hydrogen (secondary N) is 2. The van der Waals surface area contributed by atoms with Gasteiger partial charge < -0.3 is 15.0 Å². The van der Waals surface area contributed by atoms with Crippen molar-refractivity contribution in [1.29, 1.82) is 0 Å². The number of rotatable bonds is 6. The van der Waals surface area contributed by atoms with Crippen LogP contribution in [0.15, 0.2) is 29.1 Å². The van der Waals surface area contributed by atoms with E-state index in [0.29, 0.717) is 23.3 Å². The van der Waals surface area contributed by atoms with E-state index in [2.05, 4.69) is 15.3 Å². The molecule has 27 heavy (non-hydrogen) atoms. The van der Waals surface area contributed by atoms with Crippen molar-refractivity contribution in [2.24, 2.45) is 11.8 Å². The molecule has 1 aromatic carbocycles. The number of esters is 1. The third-order valence-corrected chi connectivity index (χ3v) is 5.23. The Balaban J connectivity index is 1.54. The number of hydrogen-bond acceptors (Lipinski definition) is 5. The Morgan fingerprint density at radius 1 is 1.26 bits per heavy atom. The number of ether oxygens (including phenoxy) is 1. The van der Waals surface area contributed by atoms with Crippen molar-refractivity contribution in [2.45, 2.75) is 38.5 Å². The van der Waals surface area contributed by atoms with Crippen LogP contribution >= 0.6 is 0 Å². The molecule has 7 heteroatoms. The van der Waals surface area contributed by atoms with Gasteiger partial charge in [0.15, 0.2) is 0 Å². The maximum absolute atomic E-state index is 12.2. The van der Waals surface area contributed by atoms with E-state index in [9.17, 15) is 14.4 Å². The molecular weight excluding hydrogens is 346 g/mol. The number of aromatic nitrogens is 2. The maximum Gasteiger partial charge on any atom is 0.309 e. The Kier molecular flexibility index (Phi) is 6.21. The summed E-state index contributed by atoms with van der Waals surface area (Å²) in [6.07, 6.45) is 4.25. The largest absolute Gasteiger partial charge is 0.469 e. The van der Waals surface area contributed by atoms with Crippen molar-refractivity contribution >= 4 is 22.9 Å². The summed E-state index contributed by atoms with van der Waals surface area (Å²) in [5.74, 6) is -0.370. The predicted molar refractivity (Wildman–Crippen MR) is 101 cm³/mol. The van der Waals surface area contributed by atoms with Crippen LogP contribution in [0, 0.1) is 11.8 Å². The van der Waals surface area contributed by atoms with Gasteiger partial charge in [0.05, 0.1) is 24.1 Å². The molecule has 0 aliphatic heterocycles. The Morgan fingerprint density at radius 3 is 2.85 bits per heavy atom. The van der Waals surface area contributed by atoms with Crippen molar-refractivity contribution in [3.8, 4) is 0 Å². The first-order valence-electron chi connectivity index (χ1n) is 9.41. The van der Waals surface area contributed by atoms with Gasteiger partial charge in [-0.1, -0.05) is 25.0 Å². The van der Waals surface area contributed by atoms with E-state index in [-0.39, 0.29) is 42.1 Å². The summed E-state index contributed by atoms with van der Waals surface area (Å²) in [6, 6.07) is 7.30. The number of carbonyl (C=O) groups is 2. The molecule has 2 unspecified atom stereocenters. The lowest BCUT2D eigenvalue weighted by atomic mass is 9.79. The zero-order valence-corrected chi connectivity index (χ0v) is 15.5. The highest BCUT2D eigenvalue weighted by Gasteiger charge is 2.31. The monoisotopic (exact) mass is 371 g/mol. The second-order valence-corrected chi connectivity index (χ2v) is 7.01. The number of H-pyrrole nitrogens is 1. The lowest BCUT2D eigenvalue weighted by Gasteiger charge is -2.29. The Hall–Kier alpha value is -2.70. The van der Waals surface area contributed by atoms with E-state index >= 15 is 0 Å². The Labute approximate surface area is 157 Å². The van der Waals surface area contributed by atoms with Crippen LogP contribution in [-0.4, -0.2) is 35.5 Å². The maximum atomic E-state index is 12.2. The lowest BCUT2D eigenvalue weighted by Crippen LogP contribution is -2.37. The summed E-state index contributed by atoms with van der Waals surface area (Å²) in [4.78, 5) is 43.4. The standard InChI is InChI=1S/C20H25N3O4/c1-27-20(26)14-7-3-2-6-13(14)12-21-18(24)11-10-17-19(25)23-16-9-5-4-8-15(16)22-17/h4-5,8-9,13-14H,2-3,6-7,10-12H2,1H3,(H,21,24)(H,23,25). The molecule has 2 atom stereocenters. The van der Waals surface area contributed by atoms with Crippen molar-refractivity contribution in [2.75, 3.05) is 13.7 Å². The van der Waals surface area contributed by atoms with Crippen molar-refractivity contribution < 1.29 is 14.3 Å². The van der Waals surface area contributed by atoms with Gasteiger partial charge in [0.25, 0.3) is 5.56 Å². The molecule has 1 aromatic heterocycles. The van der Waals surface area contributed by atoms with Crippen LogP contribution in [0.4, 0.5) is 0 Å². The van der Waals surface area contributed by atoms with Gasteiger partial charge in [0, 0.05) is 19.4 Å². The fourth-order valence-corrected chi connectivity index (χ4v) is 3.72. The highest BCUT2D eigenvalue weighted by Crippen LogP contribution is 2.30. The van der Waals surface area contributed by atoms with E-state index < -0.39 is 0 Å². The number of amides is 1. The van der Waals surface area contributed by atoms with Gasteiger partial charge in [-0.3, -0.25) is 14.4 Å². The van der Waals surface area contributed by atoms with E-state index in [4.69, 9.17) is 4.74 Å². The number of benzene rings is 1. The average Bonchev–Trinajstić information content (AvgIpc) is 2.70. The fourth-order valence-electron chi connectivity index (χ4n) is 3.72. The summed E-state index contributed by atoms with van der Waals surface area (Å²) < 4.78 is 4.88. The number of aryl methyl sites for hydroxylation is 1. The van der Waals surface area contributed by atoms with Crippen LogP contribution in [0.3, 0.4) is 0 Å². The van der Waals surface area contributed by atoms with Crippen LogP contribution < -0.4 is 10.9 Å². The summed E-state index contributed by atoms with van der Waals surface area (Å²) in [5, 5.41) is 2.90. The summed E-state index contributed by atoms with van der Waals surface area (Å²) >= 11 is 0. The molecule has 7 nitrogen and oxygen atoms in total. The van der Waals surface area contributed by atoms with Crippen LogP contribution in [0.5, 0.6) is 0 Å². The predicted octanol–water partition coefficient (Wildman–Crippen LogP) is 1.95. The molecule has 2 N–H and O–H groups in total. The van der Waals surface area contributed by atoms with Gasteiger partial charge in [0.1, 0.15) is 5.69 Å². The van der Waals surface area contributed by atoms with Gasteiger partial charge in [-0.15, -0.1) is 0 Å². The molecule has 0 saturated heterocycles. The zero-order valence-electron chi connectivity index (χ0n) is 15.5. The molecule has 1 heterocycles. The number of fused-ring (bicyclic) bond motifs is 1. The van der Waals surface area contributed by atoms with Crippen LogP contribution in [0.25, 0.3) is 11.0 Å². The van der Waals surface area contributed by atoms with Crippen molar-refractivity contribution in [1.82, 2.24) is 15.3 Å². The molecule has 1 fully saturated rings. The van der Waals surface area contributed by atoms with E-state index in [1.165, 1.54) is 7.11 Å². The summed E-state index contributed by atoms with van der Waals surface area (Å²) in [5.41, 5.74) is 1.48. The van der Waals surface area contributed by atoms with Gasteiger partial charge in [-0.05, 0) is 30.9 Å². The highest BCUT2D eigenvalue weighted by molar-refractivity contribution is 5.77. The molecule has 1 aliphatic rings. The number of aromatic amines is 1. The Bertz CT molecular complexity index is 877. The number of hydrogen-bond donors (Lipinski definition) is 2. The molecule has 3 rings (SSSR count).